The highest BCUT2D eigenvalue weighted by Crippen LogP contribution is 2.22. The van der Waals surface area contributed by atoms with Gasteiger partial charge in [0, 0.05) is 30.4 Å². The highest BCUT2D eigenvalue weighted by Gasteiger charge is 2.17. The first kappa shape index (κ1) is 11.0. The van der Waals surface area contributed by atoms with Crippen LogP contribution in [-0.2, 0) is 0 Å². The van der Waals surface area contributed by atoms with Crippen LogP contribution >= 0.6 is 0 Å². The number of hydrogen-bond acceptors (Lipinski definition) is 2. The summed E-state index contributed by atoms with van der Waals surface area (Å²) in [5.74, 6) is 0. The third-order valence-corrected chi connectivity index (χ3v) is 3.23. The predicted octanol–water partition coefficient (Wildman–Crippen LogP) is 2.54. The molecule has 0 unspecified atom stereocenters. The number of aromatic nitrogens is 1. The van der Waals surface area contributed by atoms with Crippen LogP contribution in [-0.4, -0.2) is 24.1 Å². The number of carbonyl (C=O) groups is 1. The standard InChI is InChI=1S/C14H15N3O/c18-14-16-7-1-2-9-17(14)12-5-6-13-11(10-12)4-3-8-15-13/h3-6,8,10H,1-2,7,9H2,(H,16,18). The zero-order valence-electron chi connectivity index (χ0n) is 10.1. The first-order valence-corrected chi connectivity index (χ1v) is 6.25. The summed E-state index contributed by atoms with van der Waals surface area (Å²) in [6, 6.07) is 9.86. The monoisotopic (exact) mass is 241 g/mol. The highest BCUT2D eigenvalue weighted by atomic mass is 16.2. The Kier molecular flexibility index (Phi) is 2.84. The van der Waals surface area contributed by atoms with Gasteiger partial charge in [-0.15, -0.1) is 0 Å². The van der Waals surface area contributed by atoms with E-state index in [1.807, 2.05) is 30.3 Å². The summed E-state index contributed by atoms with van der Waals surface area (Å²) in [5.41, 5.74) is 1.89. The molecule has 92 valence electrons. The van der Waals surface area contributed by atoms with Crippen molar-refractivity contribution in [2.24, 2.45) is 0 Å². The van der Waals surface area contributed by atoms with E-state index in [9.17, 15) is 4.79 Å². The van der Waals surface area contributed by atoms with Crippen molar-refractivity contribution in [3.8, 4) is 0 Å². The first-order valence-electron chi connectivity index (χ1n) is 6.25. The van der Waals surface area contributed by atoms with Gasteiger partial charge in [0.15, 0.2) is 0 Å². The molecule has 0 aliphatic carbocycles. The summed E-state index contributed by atoms with van der Waals surface area (Å²) in [7, 11) is 0. The average Bonchev–Trinajstić information content (AvgIpc) is 2.63. The zero-order valence-corrected chi connectivity index (χ0v) is 10.1. The Morgan fingerprint density at radius 3 is 3.11 bits per heavy atom. The largest absolute Gasteiger partial charge is 0.338 e. The Hall–Kier alpha value is -2.10. The fraction of sp³-hybridized carbons (Fsp3) is 0.286. The number of carbonyl (C=O) groups excluding carboxylic acids is 1. The van der Waals surface area contributed by atoms with Crippen LogP contribution in [0, 0.1) is 0 Å². The number of rotatable bonds is 1. The quantitative estimate of drug-likeness (QED) is 0.834. The lowest BCUT2D eigenvalue weighted by Gasteiger charge is -2.20. The molecule has 1 aromatic heterocycles. The van der Waals surface area contributed by atoms with E-state index >= 15 is 0 Å². The predicted molar refractivity (Wildman–Crippen MR) is 71.7 cm³/mol. The molecule has 1 N–H and O–H groups in total. The number of amides is 2. The summed E-state index contributed by atoms with van der Waals surface area (Å²) < 4.78 is 0. The molecule has 4 heteroatoms. The molecule has 4 nitrogen and oxygen atoms in total. The average molecular weight is 241 g/mol. The smallest absolute Gasteiger partial charge is 0.321 e. The van der Waals surface area contributed by atoms with Crippen LogP contribution in [0.4, 0.5) is 10.5 Å². The van der Waals surface area contributed by atoms with Gasteiger partial charge in [0.05, 0.1) is 5.52 Å². The van der Waals surface area contributed by atoms with Gasteiger partial charge in [-0.3, -0.25) is 9.88 Å². The van der Waals surface area contributed by atoms with Crippen molar-refractivity contribution in [2.75, 3.05) is 18.0 Å². The second kappa shape index (κ2) is 4.64. The molecule has 1 aliphatic heterocycles. The summed E-state index contributed by atoms with van der Waals surface area (Å²) in [5, 5.41) is 3.97. The van der Waals surface area contributed by atoms with Gasteiger partial charge in [-0.25, -0.2) is 4.79 Å². The first-order chi connectivity index (χ1) is 8.84. The number of nitrogens with one attached hydrogen (secondary N) is 1. The summed E-state index contributed by atoms with van der Waals surface area (Å²) in [4.78, 5) is 18.0. The second-order valence-electron chi connectivity index (χ2n) is 4.47. The number of benzene rings is 1. The highest BCUT2D eigenvalue weighted by molar-refractivity contribution is 5.94. The Labute approximate surface area is 106 Å². The molecule has 18 heavy (non-hydrogen) atoms. The Bertz CT molecular complexity index is 582. The van der Waals surface area contributed by atoms with Gasteiger partial charge in [-0.2, -0.15) is 0 Å². The SMILES string of the molecule is O=C1NCCCCN1c1ccc2ncccc2c1. The van der Waals surface area contributed by atoms with Crippen molar-refractivity contribution in [3.63, 3.8) is 0 Å². The van der Waals surface area contributed by atoms with Crippen LogP contribution in [0.25, 0.3) is 10.9 Å². The van der Waals surface area contributed by atoms with E-state index in [-0.39, 0.29) is 6.03 Å². The second-order valence-corrected chi connectivity index (χ2v) is 4.47. The fourth-order valence-corrected chi connectivity index (χ4v) is 2.26. The van der Waals surface area contributed by atoms with Gasteiger partial charge in [0.2, 0.25) is 0 Å². The maximum absolute atomic E-state index is 11.9. The number of nitrogens with zero attached hydrogens (tertiary/aromatic N) is 2. The minimum absolute atomic E-state index is 0.00394. The van der Waals surface area contributed by atoms with Crippen molar-refractivity contribution in [2.45, 2.75) is 12.8 Å². The van der Waals surface area contributed by atoms with Crippen molar-refractivity contribution in [1.82, 2.24) is 10.3 Å². The molecule has 0 radical (unpaired) electrons. The summed E-state index contributed by atoms with van der Waals surface area (Å²) in [6.45, 7) is 1.54. The van der Waals surface area contributed by atoms with Gasteiger partial charge in [-0.05, 0) is 37.1 Å². The zero-order chi connectivity index (χ0) is 12.4. The molecule has 1 aromatic carbocycles. The van der Waals surface area contributed by atoms with Crippen LogP contribution in [0.3, 0.4) is 0 Å². The van der Waals surface area contributed by atoms with Crippen LogP contribution in [0.15, 0.2) is 36.5 Å². The molecule has 0 spiro atoms. The van der Waals surface area contributed by atoms with Crippen LogP contribution < -0.4 is 10.2 Å². The molecular formula is C14H15N3O. The van der Waals surface area contributed by atoms with E-state index in [1.165, 1.54) is 0 Å². The third-order valence-electron chi connectivity index (χ3n) is 3.23. The fourth-order valence-electron chi connectivity index (χ4n) is 2.26. The number of pyridine rings is 1. The molecule has 3 rings (SSSR count). The number of anilines is 1. The van der Waals surface area contributed by atoms with Crippen molar-refractivity contribution in [1.29, 1.82) is 0 Å². The van der Waals surface area contributed by atoms with Crippen molar-refractivity contribution < 1.29 is 4.79 Å². The molecule has 2 heterocycles. The number of urea groups is 1. The van der Waals surface area contributed by atoms with E-state index in [1.54, 1.807) is 11.1 Å². The van der Waals surface area contributed by atoms with Gasteiger partial charge >= 0.3 is 6.03 Å². The lowest BCUT2D eigenvalue weighted by atomic mass is 10.2. The Morgan fingerprint density at radius 2 is 2.17 bits per heavy atom. The molecule has 0 saturated carbocycles. The van der Waals surface area contributed by atoms with E-state index in [4.69, 9.17) is 0 Å². The van der Waals surface area contributed by atoms with Crippen molar-refractivity contribution >= 4 is 22.6 Å². The van der Waals surface area contributed by atoms with E-state index < -0.39 is 0 Å². The summed E-state index contributed by atoms with van der Waals surface area (Å²) >= 11 is 0. The molecule has 0 bridgehead atoms. The molecule has 1 aliphatic rings. The molecular weight excluding hydrogens is 226 g/mol. The van der Waals surface area contributed by atoms with Crippen molar-refractivity contribution in [3.05, 3.63) is 36.5 Å². The Morgan fingerprint density at radius 1 is 1.22 bits per heavy atom. The Balaban J connectivity index is 1.99. The molecule has 1 saturated heterocycles. The maximum Gasteiger partial charge on any atom is 0.321 e. The molecule has 1 fully saturated rings. The van der Waals surface area contributed by atoms with Crippen LogP contribution in [0.1, 0.15) is 12.8 Å². The lowest BCUT2D eigenvalue weighted by Crippen LogP contribution is -2.38. The minimum atomic E-state index is -0.00394. The normalized spacial score (nSPS) is 16.4. The maximum atomic E-state index is 11.9. The van der Waals surface area contributed by atoms with Gasteiger partial charge in [-0.1, -0.05) is 6.07 Å². The van der Waals surface area contributed by atoms with E-state index in [2.05, 4.69) is 10.3 Å². The topological polar surface area (TPSA) is 45.2 Å². The van der Waals surface area contributed by atoms with Gasteiger partial charge in [0.1, 0.15) is 0 Å². The lowest BCUT2D eigenvalue weighted by molar-refractivity contribution is 0.248. The molecule has 0 atom stereocenters. The third kappa shape index (κ3) is 2.01. The van der Waals surface area contributed by atoms with E-state index in [0.717, 1.165) is 42.5 Å². The minimum Gasteiger partial charge on any atom is -0.338 e. The van der Waals surface area contributed by atoms with E-state index in [0.29, 0.717) is 0 Å². The number of hydrogen-bond donors (Lipinski definition) is 1. The van der Waals surface area contributed by atoms with Crippen LogP contribution in [0.2, 0.25) is 0 Å². The van der Waals surface area contributed by atoms with Crippen LogP contribution in [0.5, 0.6) is 0 Å². The van der Waals surface area contributed by atoms with Gasteiger partial charge < -0.3 is 5.32 Å². The molecule has 2 aromatic rings. The summed E-state index contributed by atoms with van der Waals surface area (Å²) in [6.07, 6.45) is 3.85. The van der Waals surface area contributed by atoms with Gasteiger partial charge in [0.25, 0.3) is 0 Å². The molecule has 2 amide bonds. The number of fused-ring (bicyclic) bond motifs is 1.